The largest absolute Gasteiger partial charge is 0.504 e. The van der Waals surface area contributed by atoms with Crippen molar-refractivity contribution >= 4 is 23.3 Å². The van der Waals surface area contributed by atoms with Crippen LogP contribution in [-0.4, -0.2) is 34.5 Å². The third kappa shape index (κ3) is 3.93. The molecule has 5 N–H and O–H groups in total. The first-order valence-corrected chi connectivity index (χ1v) is 6.01. The highest BCUT2D eigenvalue weighted by molar-refractivity contribution is 6.43. The molecule has 2 rings (SSSR count). The minimum atomic E-state index is -0.949. The van der Waals surface area contributed by atoms with Gasteiger partial charge in [0.05, 0.1) is 12.8 Å². The highest BCUT2D eigenvalue weighted by Gasteiger charge is 2.17. The monoisotopic (exact) mass is 305 g/mol. The third-order valence-electron chi connectivity index (χ3n) is 2.58. The summed E-state index contributed by atoms with van der Waals surface area (Å²) < 4.78 is 5.06. The van der Waals surface area contributed by atoms with Crippen LogP contribution in [0.15, 0.2) is 42.6 Å². The number of aromatic hydroxyl groups is 1. The maximum Gasteiger partial charge on any atom is 0.315 e. The molecule has 0 bridgehead atoms. The second kappa shape index (κ2) is 7.60. The van der Waals surface area contributed by atoms with E-state index < -0.39 is 11.8 Å². The molecule has 0 aliphatic rings. The zero-order chi connectivity index (χ0) is 15.2. The number of nitrogens with one attached hydrogen (secondary N) is 2. The van der Waals surface area contributed by atoms with E-state index in [9.17, 15) is 14.7 Å². The van der Waals surface area contributed by atoms with E-state index in [1.807, 2.05) is 0 Å². The molecule has 8 nitrogen and oxygen atoms in total. The molecule has 0 radical (unpaired) electrons. The Hall–Kier alpha value is -3.13. The fraction of sp³-hybridized carbons (Fsp3) is 0.0714. The summed E-state index contributed by atoms with van der Waals surface area (Å²) in [6.45, 7) is 0. The quantitative estimate of drug-likeness (QED) is 0.712. The molecule has 0 atom stereocenters. The lowest BCUT2D eigenvalue weighted by molar-refractivity contribution is -0.133. The zero-order valence-corrected chi connectivity index (χ0v) is 11.7. The van der Waals surface area contributed by atoms with Crippen molar-refractivity contribution in [1.29, 1.82) is 0 Å². The van der Waals surface area contributed by atoms with Crippen molar-refractivity contribution in [1.82, 2.24) is 4.98 Å². The van der Waals surface area contributed by atoms with Crippen molar-refractivity contribution in [3.63, 3.8) is 0 Å². The maximum atomic E-state index is 11.8. The van der Waals surface area contributed by atoms with Crippen LogP contribution in [0.4, 0.5) is 11.5 Å². The first-order chi connectivity index (χ1) is 10.1. The number of benzene rings is 1. The van der Waals surface area contributed by atoms with Crippen LogP contribution in [0, 0.1) is 0 Å². The molecule has 0 spiro atoms. The molecule has 2 aromatic rings. The summed E-state index contributed by atoms with van der Waals surface area (Å²) in [5.74, 6) is -1.73. The van der Waals surface area contributed by atoms with Gasteiger partial charge in [0.25, 0.3) is 0 Å². The van der Waals surface area contributed by atoms with E-state index in [2.05, 4.69) is 15.6 Å². The molecule has 116 valence electrons. The van der Waals surface area contributed by atoms with E-state index in [0.717, 1.165) is 0 Å². The number of rotatable bonds is 3. The molecule has 0 unspecified atom stereocenters. The summed E-state index contributed by atoms with van der Waals surface area (Å²) in [5.41, 5.74) is 0.366. The molecule has 2 amide bonds. The van der Waals surface area contributed by atoms with Crippen LogP contribution in [0.25, 0.3) is 0 Å². The number of ether oxygens (including phenoxy) is 1. The van der Waals surface area contributed by atoms with Gasteiger partial charge in [-0.2, -0.15) is 0 Å². The number of carbonyl (C=O) groups excluding carboxylic acids is 2. The van der Waals surface area contributed by atoms with E-state index in [0.29, 0.717) is 11.4 Å². The number of amides is 2. The van der Waals surface area contributed by atoms with E-state index in [1.165, 1.54) is 25.4 Å². The Morgan fingerprint density at radius 2 is 1.77 bits per heavy atom. The van der Waals surface area contributed by atoms with Crippen molar-refractivity contribution < 1.29 is 24.9 Å². The number of hydrogen-bond acceptors (Lipinski definition) is 5. The van der Waals surface area contributed by atoms with E-state index in [1.54, 1.807) is 24.3 Å². The lowest BCUT2D eigenvalue weighted by Gasteiger charge is -2.10. The summed E-state index contributed by atoms with van der Waals surface area (Å²) in [4.78, 5) is 27.3. The van der Waals surface area contributed by atoms with Gasteiger partial charge in [-0.1, -0.05) is 12.1 Å². The molecule has 1 aromatic heterocycles. The Balaban J connectivity index is 0.00000242. The third-order valence-corrected chi connectivity index (χ3v) is 2.58. The fourth-order valence-electron chi connectivity index (χ4n) is 1.58. The summed E-state index contributed by atoms with van der Waals surface area (Å²) >= 11 is 0. The molecule has 0 saturated carbocycles. The number of anilines is 2. The Kier molecular flexibility index (Phi) is 5.85. The number of hydrogen-bond donors (Lipinski definition) is 3. The van der Waals surface area contributed by atoms with Crippen molar-refractivity contribution in [2.45, 2.75) is 0 Å². The average Bonchev–Trinajstić information content (AvgIpc) is 2.50. The molecule has 1 heterocycles. The van der Waals surface area contributed by atoms with Crippen LogP contribution in [-0.2, 0) is 9.59 Å². The zero-order valence-electron chi connectivity index (χ0n) is 11.7. The van der Waals surface area contributed by atoms with Crippen LogP contribution in [0.3, 0.4) is 0 Å². The summed E-state index contributed by atoms with van der Waals surface area (Å²) in [6.07, 6.45) is 1.38. The van der Waals surface area contributed by atoms with Crippen LogP contribution in [0.1, 0.15) is 0 Å². The lowest BCUT2D eigenvalue weighted by atomic mass is 10.3. The number of aromatic nitrogens is 1. The molecular weight excluding hydrogens is 290 g/mol. The number of methoxy groups -OCH3 is 1. The Morgan fingerprint density at radius 3 is 2.45 bits per heavy atom. The molecule has 1 aromatic carbocycles. The van der Waals surface area contributed by atoms with Crippen molar-refractivity contribution in [2.75, 3.05) is 17.7 Å². The maximum absolute atomic E-state index is 11.8. The standard InChI is InChI=1S/C14H13N3O4.H2O/c1-21-11-7-3-2-5-9(11)16-13(19)14(20)17-12-10(18)6-4-8-15-12;/h2-8,18H,1H3,(H,16,19)(H,15,17,20);1H2. The van der Waals surface area contributed by atoms with Gasteiger partial charge in [0.2, 0.25) is 0 Å². The highest BCUT2D eigenvalue weighted by atomic mass is 16.5. The van der Waals surface area contributed by atoms with Gasteiger partial charge in [0.1, 0.15) is 5.75 Å². The second-order valence-corrected chi connectivity index (χ2v) is 3.98. The van der Waals surface area contributed by atoms with Gasteiger partial charge in [-0.3, -0.25) is 14.9 Å². The first kappa shape index (κ1) is 16.9. The molecule has 22 heavy (non-hydrogen) atoms. The number of nitrogens with zero attached hydrogens (tertiary/aromatic N) is 1. The van der Waals surface area contributed by atoms with E-state index in [4.69, 9.17) is 4.74 Å². The smallest absolute Gasteiger partial charge is 0.315 e. The van der Waals surface area contributed by atoms with E-state index >= 15 is 0 Å². The molecule has 0 aliphatic heterocycles. The normalized spacial score (nSPS) is 9.32. The van der Waals surface area contributed by atoms with Crippen LogP contribution in [0.2, 0.25) is 0 Å². The van der Waals surface area contributed by atoms with Gasteiger partial charge >= 0.3 is 11.8 Å². The summed E-state index contributed by atoms with van der Waals surface area (Å²) in [5, 5.41) is 14.1. The molecule has 0 saturated heterocycles. The Morgan fingerprint density at radius 1 is 1.09 bits per heavy atom. The van der Waals surface area contributed by atoms with Gasteiger partial charge in [-0.05, 0) is 24.3 Å². The molecular formula is C14H15N3O5. The van der Waals surface area contributed by atoms with E-state index in [-0.39, 0.29) is 17.0 Å². The minimum absolute atomic E-state index is 0. The van der Waals surface area contributed by atoms with Crippen molar-refractivity contribution in [2.24, 2.45) is 0 Å². The first-order valence-electron chi connectivity index (χ1n) is 6.01. The summed E-state index contributed by atoms with van der Waals surface area (Å²) in [6, 6.07) is 9.53. The average molecular weight is 305 g/mol. The van der Waals surface area contributed by atoms with Gasteiger partial charge in [0, 0.05) is 6.20 Å². The number of carbonyl (C=O) groups is 2. The molecule has 8 heteroatoms. The Bertz CT molecular complexity index is 675. The molecule has 0 aliphatic carbocycles. The molecule has 0 fully saturated rings. The summed E-state index contributed by atoms with van der Waals surface area (Å²) in [7, 11) is 1.46. The van der Waals surface area contributed by atoms with Crippen LogP contribution < -0.4 is 15.4 Å². The predicted molar refractivity (Wildman–Crippen MR) is 79.8 cm³/mol. The van der Waals surface area contributed by atoms with Gasteiger partial charge in [0.15, 0.2) is 11.6 Å². The van der Waals surface area contributed by atoms with Gasteiger partial charge in [-0.25, -0.2) is 4.98 Å². The number of pyridine rings is 1. The van der Waals surface area contributed by atoms with Crippen LogP contribution >= 0.6 is 0 Å². The van der Waals surface area contributed by atoms with Crippen molar-refractivity contribution in [3.8, 4) is 11.5 Å². The van der Waals surface area contributed by atoms with Crippen molar-refractivity contribution in [3.05, 3.63) is 42.6 Å². The Labute approximate surface area is 126 Å². The van der Waals surface area contributed by atoms with Crippen LogP contribution in [0.5, 0.6) is 11.5 Å². The predicted octanol–water partition coefficient (Wildman–Crippen LogP) is 0.548. The topological polar surface area (TPSA) is 132 Å². The highest BCUT2D eigenvalue weighted by Crippen LogP contribution is 2.23. The second-order valence-electron chi connectivity index (χ2n) is 3.98. The fourth-order valence-corrected chi connectivity index (χ4v) is 1.58. The SMILES string of the molecule is COc1ccccc1NC(=O)C(=O)Nc1ncccc1O.O. The van der Waals surface area contributed by atoms with Gasteiger partial charge in [-0.15, -0.1) is 0 Å². The minimum Gasteiger partial charge on any atom is -0.504 e. The lowest BCUT2D eigenvalue weighted by Crippen LogP contribution is -2.29. The number of para-hydroxylation sites is 2. The van der Waals surface area contributed by atoms with Gasteiger partial charge < -0.3 is 20.6 Å².